The molecule has 0 aromatic heterocycles. The lowest BCUT2D eigenvalue weighted by Gasteiger charge is -2.10. The van der Waals surface area contributed by atoms with Crippen LogP contribution in [0.25, 0.3) is 0 Å². The van der Waals surface area contributed by atoms with Crippen LogP contribution in [0.3, 0.4) is 0 Å². The molecule has 0 rings (SSSR count). The Morgan fingerprint density at radius 3 is 1.74 bits per heavy atom. The van der Waals surface area contributed by atoms with E-state index in [9.17, 15) is 0 Å². The molecule has 0 radical (unpaired) electrons. The maximum atomic E-state index is 8.63. The summed E-state index contributed by atoms with van der Waals surface area (Å²) in [5.41, 5.74) is 0. The molecule has 0 bridgehead atoms. The molecule has 0 saturated heterocycles. The molecule has 0 aliphatic rings. The molecular weight excluding hydrogens is 268 g/mol. The van der Waals surface area contributed by atoms with Gasteiger partial charge in [-0.15, -0.1) is 0 Å². The molecule has 5 nitrogen and oxygen atoms in total. The fourth-order valence-electron chi connectivity index (χ4n) is 1.85. The summed E-state index contributed by atoms with van der Waals surface area (Å²) in [6.07, 6.45) is 11.8. The topological polar surface area (TPSA) is 100 Å². The van der Waals surface area contributed by atoms with Crippen molar-refractivity contribution in [1.82, 2.24) is 0 Å². The average molecular weight is 296 g/mol. The second-order valence-corrected chi connectivity index (χ2v) is 5.75. The third-order valence-electron chi connectivity index (χ3n) is 2.91. The Labute approximate surface area is 118 Å². The summed E-state index contributed by atoms with van der Waals surface area (Å²) in [6.45, 7) is 4.99. The second-order valence-electron chi connectivity index (χ2n) is 4.94. The summed E-state index contributed by atoms with van der Waals surface area (Å²) in [5, 5.41) is 8.63. The van der Waals surface area contributed by atoms with Crippen LogP contribution in [0.4, 0.5) is 0 Å². The first-order chi connectivity index (χ1) is 8.81. The van der Waals surface area contributed by atoms with Gasteiger partial charge in [-0.2, -0.15) is 0 Å². The van der Waals surface area contributed by atoms with E-state index in [2.05, 4.69) is 13.8 Å². The average Bonchev–Trinajstić information content (AvgIpc) is 2.28. The maximum Gasteiger partial charge on any atom is 0.0431 e. The van der Waals surface area contributed by atoms with Gasteiger partial charge < -0.3 is 14.2 Å². The van der Waals surface area contributed by atoms with Gasteiger partial charge in [0.1, 0.15) is 0 Å². The molecule has 0 aromatic carbocycles. The summed E-state index contributed by atoms with van der Waals surface area (Å²) >= 11 is 0. The fourth-order valence-corrected chi connectivity index (χ4v) is 1.85. The molecule has 1 unspecified atom stereocenters. The van der Waals surface area contributed by atoms with Gasteiger partial charge in [0.2, 0.25) is 0 Å². The van der Waals surface area contributed by atoms with Gasteiger partial charge >= 0.3 is 0 Å². The van der Waals surface area contributed by atoms with E-state index in [1.165, 1.54) is 51.4 Å². The highest BCUT2D eigenvalue weighted by Crippen LogP contribution is 2.16. The van der Waals surface area contributed by atoms with Crippen LogP contribution in [0.5, 0.6) is 0 Å². The van der Waals surface area contributed by atoms with Crippen molar-refractivity contribution in [3.05, 3.63) is 0 Å². The lowest BCUT2D eigenvalue weighted by atomic mass is 9.97. The van der Waals surface area contributed by atoms with Gasteiger partial charge in [0, 0.05) is 17.0 Å². The van der Waals surface area contributed by atoms with Crippen LogP contribution in [-0.2, 0) is 10.4 Å². The Morgan fingerprint density at radius 2 is 1.37 bits per heavy atom. The standard InChI is InChI=1S/C13H28O.H2O4S/c1-3-4-5-7-10-13(2)11-8-6-9-12-14;1-5(2,3)4/h13-14H,3-12H2,1-2H3;(H2,1,2,3,4)/p-2. The summed E-state index contributed by atoms with van der Waals surface area (Å²) in [4.78, 5) is 0. The minimum absolute atomic E-state index is 0.366. The van der Waals surface area contributed by atoms with E-state index in [1.54, 1.807) is 0 Å². The number of unbranched alkanes of at least 4 members (excludes halogenated alkanes) is 5. The van der Waals surface area contributed by atoms with Gasteiger partial charge in [-0.1, -0.05) is 65.2 Å². The van der Waals surface area contributed by atoms with Gasteiger partial charge in [-0.25, -0.2) is 0 Å². The fraction of sp³-hybridized carbons (Fsp3) is 1.00. The van der Waals surface area contributed by atoms with Crippen LogP contribution in [-0.4, -0.2) is 29.2 Å². The highest BCUT2D eigenvalue weighted by atomic mass is 32.3. The molecule has 0 amide bonds. The van der Waals surface area contributed by atoms with Crippen molar-refractivity contribution >= 4 is 10.4 Å². The molecule has 0 aliphatic heterocycles. The Kier molecular flexibility index (Phi) is 15.8. The van der Waals surface area contributed by atoms with E-state index in [-0.39, 0.29) is 0 Å². The van der Waals surface area contributed by atoms with Gasteiger partial charge in [0.05, 0.1) is 0 Å². The minimum Gasteiger partial charge on any atom is -0.759 e. The van der Waals surface area contributed by atoms with E-state index in [1.807, 2.05) is 0 Å². The zero-order valence-corrected chi connectivity index (χ0v) is 13.0. The summed E-state index contributed by atoms with van der Waals surface area (Å²) in [5.74, 6) is 0.894. The van der Waals surface area contributed by atoms with E-state index < -0.39 is 10.4 Å². The maximum absolute atomic E-state index is 8.63. The predicted molar refractivity (Wildman–Crippen MR) is 74.0 cm³/mol. The van der Waals surface area contributed by atoms with Gasteiger partial charge in [-0.3, -0.25) is 8.42 Å². The summed E-state index contributed by atoms with van der Waals surface area (Å²) in [7, 11) is -5.17. The Morgan fingerprint density at radius 1 is 0.947 bits per heavy atom. The second kappa shape index (κ2) is 14.2. The first kappa shape index (κ1) is 21.1. The molecule has 118 valence electrons. The number of rotatable bonds is 10. The number of aliphatic hydroxyl groups is 1. The third kappa shape index (κ3) is 31.9. The van der Waals surface area contributed by atoms with Gasteiger partial charge in [-0.05, 0) is 12.3 Å². The molecule has 1 atom stereocenters. The van der Waals surface area contributed by atoms with Crippen molar-refractivity contribution in [2.24, 2.45) is 5.92 Å². The van der Waals surface area contributed by atoms with E-state index >= 15 is 0 Å². The van der Waals surface area contributed by atoms with Crippen molar-refractivity contribution < 1.29 is 22.6 Å². The zero-order chi connectivity index (χ0) is 15.1. The first-order valence-electron chi connectivity index (χ1n) is 7.08. The van der Waals surface area contributed by atoms with Gasteiger partial charge in [0.25, 0.3) is 0 Å². The van der Waals surface area contributed by atoms with Crippen LogP contribution in [0.2, 0.25) is 0 Å². The van der Waals surface area contributed by atoms with Crippen LogP contribution in [0.1, 0.15) is 71.6 Å². The van der Waals surface area contributed by atoms with Crippen LogP contribution < -0.4 is 0 Å². The number of aliphatic hydroxyl groups excluding tert-OH is 1. The Hall–Kier alpha value is -0.170. The normalized spacial score (nSPS) is 12.7. The molecule has 0 aromatic rings. The zero-order valence-electron chi connectivity index (χ0n) is 12.1. The molecule has 0 saturated carbocycles. The monoisotopic (exact) mass is 296 g/mol. The third-order valence-corrected chi connectivity index (χ3v) is 2.91. The van der Waals surface area contributed by atoms with E-state index in [0.29, 0.717) is 6.61 Å². The van der Waals surface area contributed by atoms with E-state index in [0.717, 1.165) is 12.3 Å². The summed E-state index contributed by atoms with van der Waals surface area (Å²) in [6, 6.07) is 0. The summed E-state index contributed by atoms with van der Waals surface area (Å²) < 4.78 is 34.1. The SMILES string of the molecule is CCCCCCC(C)CCCCCO.O=S(=O)([O-])[O-]. The number of hydrogen-bond acceptors (Lipinski definition) is 5. The quantitative estimate of drug-likeness (QED) is 0.379. The minimum atomic E-state index is -5.17. The largest absolute Gasteiger partial charge is 0.759 e. The molecule has 1 N–H and O–H groups in total. The number of hydrogen-bond donors (Lipinski definition) is 1. The van der Waals surface area contributed by atoms with Crippen molar-refractivity contribution in [3.63, 3.8) is 0 Å². The van der Waals surface area contributed by atoms with Crippen LogP contribution in [0.15, 0.2) is 0 Å². The molecule has 19 heavy (non-hydrogen) atoms. The van der Waals surface area contributed by atoms with Crippen LogP contribution in [0, 0.1) is 5.92 Å². The van der Waals surface area contributed by atoms with Crippen molar-refractivity contribution in [2.45, 2.75) is 71.6 Å². The molecule has 0 fully saturated rings. The lowest BCUT2D eigenvalue weighted by Crippen LogP contribution is -1.95. The smallest absolute Gasteiger partial charge is 0.0431 e. The first-order valence-corrected chi connectivity index (χ1v) is 8.42. The molecule has 0 aliphatic carbocycles. The van der Waals surface area contributed by atoms with Crippen molar-refractivity contribution in [2.75, 3.05) is 6.61 Å². The van der Waals surface area contributed by atoms with Gasteiger partial charge in [0.15, 0.2) is 0 Å². The van der Waals surface area contributed by atoms with E-state index in [4.69, 9.17) is 22.6 Å². The predicted octanol–water partition coefficient (Wildman–Crippen LogP) is 2.81. The van der Waals surface area contributed by atoms with Crippen molar-refractivity contribution in [1.29, 1.82) is 0 Å². The van der Waals surface area contributed by atoms with Crippen LogP contribution >= 0.6 is 0 Å². The Balaban J connectivity index is 0. The Bertz CT molecular complexity index is 244. The molecule has 0 spiro atoms. The molecule has 6 heteroatoms. The molecule has 0 heterocycles. The lowest BCUT2D eigenvalue weighted by molar-refractivity contribution is 0.280. The highest BCUT2D eigenvalue weighted by Gasteiger charge is 2.01. The molecular formula is C13H28O5S-2. The highest BCUT2D eigenvalue weighted by molar-refractivity contribution is 7.79. The van der Waals surface area contributed by atoms with Crippen molar-refractivity contribution in [3.8, 4) is 0 Å².